The predicted octanol–water partition coefficient (Wildman–Crippen LogP) is 3.10. The fourth-order valence-electron chi connectivity index (χ4n) is 3.39. The number of hydrogen-bond acceptors (Lipinski definition) is 5. The summed E-state index contributed by atoms with van der Waals surface area (Å²) in [6.45, 7) is 0.702. The normalized spacial score (nSPS) is 18.2. The molecule has 4 rings (SSSR count). The molecule has 1 saturated heterocycles. The van der Waals surface area contributed by atoms with Gasteiger partial charge in [-0.05, 0) is 49.2 Å². The Morgan fingerprint density at radius 3 is 2.64 bits per heavy atom. The van der Waals surface area contributed by atoms with E-state index in [9.17, 15) is 13.2 Å². The third kappa shape index (κ3) is 3.93. The zero-order valence-corrected chi connectivity index (χ0v) is 16.3. The number of para-hydroxylation sites is 2. The minimum atomic E-state index is -3.28. The van der Waals surface area contributed by atoms with Crippen molar-refractivity contribution in [1.82, 2.24) is 9.29 Å². The maximum Gasteiger partial charge on any atom is 0.228 e. The Bertz CT molecular complexity index is 1070. The summed E-state index contributed by atoms with van der Waals surface area (Å²) in [4.78, 5) is 17.0. The van der Waals surface area contributed by atoms with Crippen LogP contribution < -0.4 is 5.32 Å². The molecule has 28 heavy (non-hydrogen) atoms. The number of carbonyl (C=O) groups is 1. The van der Waals surface area contributed by atoms with Crippen molar-refractivity contribution in [2.24, 2.45) is 5.92 Å². The van der Waals surface area contributed by atoms with Gasteiger partial charge in [-0.3, -0.25) is 4.79 Å². The maximum absolute atomic E-state index is 12.5. The Morgan fingerprint density at radius 1 is 1.18 bits per heavy atom. The molecule has 1 aromatic heterocycles. The first-order chi connectivity index (χ1) is 13.4. The fraction of sp³-hybridized carbons (Fsp3) is 0.300. The summed E-state index contributed by atoms with van der Waals surface area (Å²) in [5.41, 5.74) is 2.99. The van der Waals surface area contributed by atoms with Crippen LogP contribution in [0.5, 0.6) is 0 Å². The first-order valence-electron chi connectivity index (χ1n) is 9.12. The van der Waals surface area contributed by atoms with Crippen LogP contribution in [0.1, 0.15) is 12.8 Å². The molecule has 0 spiro atoms. The quantitative estimate of drug-likeness (QED) is 0.728. The Labute approximate surface area is 163 Å². The lowest BCUT2D eigenvalue weighted by Crippen LogP contribution is -2.43. The van der Waals surface area contributed by atoms with Crippen LogP contribution in [0.2, 0.25) is 0 Å². The molecule has 1 N–H and O–H groups in total. The number of fused-ring (bicyclic) bond motifs is 1. The second kappa shape index (κ2) is 7.37. The van der Waals surface area contributed by atoms with E-state index in [1.807, 2.05) is 36.4 Å². The number of carbonyl (C=O) groups excluding carboxylic acids is 1. The van der Waals surface area contributed by atoms with Crippen LogP contribution in [-0.4, -0.2) is 43.0 Å². The second-order valence-electron chi connectivity index (χ2n) is 7.01. The molecule has 0 radical (unpaired) electrons. The van der Waals surface area contributed by atoms with Gasteiger partial charge in [0.2, 0.25) is 21.8 Å². The van der Waals surface area contributed by atoms with Gasteiger partial charge in [0, 0.05) is 24.3 Å². The average Bonchev–Trinajstić information content (AvgIpc) is 3.12. The molecule has 1 aliphatic heterocycles. The summed E-state index contributed by atoms with van der Waals surface area (Å²) in [6, 6.07) is 14.8. The van der Waals surface area contributed by atoms with Crippen LogP contribution in [0.3, 0.4) is 0 Å². The molecule has 0 saturated carbocycles. The Balaban J connectivity index is 1.45. The van der Waals surface area contributed by atoms with Gasteiger partial charge in [-0.1, -0.05) is 12.1 Å². The number of amides is 1. The summed E-state index contributed by atoms with van der Waals surface area (Å²) in [7, 11) is -3.28. The Morgan fingerprint density at radius 2 is 1.93 bits per heavy atom. The van der Waals surface area contributed by atoms with Crippen molar-refractivity contribution < 1.29 is 17.6 Å². The van der Waals surface area contributed by atoms with Crippen LogP contribution in [-0.2, 0) is 14.8 Å². The molecular weight excluding hydrogens is 378 g/mol. The van der Waals surface area contributed by atoms with Crippen molar-refractivity contribution in [2.45, 2.75) is 12.8 Å². The molecule has 0 bridgehead atoms. The lowest BCUT2D eigenvalue weighted by Gasteiger charge is -2.30. The highest BCUT2D eigenvalue weighted by atomic mass is 32.2. The summed E-state index contributed by atoms with van der Waals surface area (Å²) < 4.78 is 30.6. The Kier molecular flexibility index (Phi) is 4.91. The second-order valence-corrected chi connectivity index (χ2v) is 9.00. The molecule has 2 heterocycles. The SMILES string of the molecule is CS(=O)(=O)N1CCC[C@H](C(=O)Nc2ccc(-c3nc4ccccc4o3)cc2)C1. The first kappa shape index (κ1) is 18.6. The minimum Gasteiger partial charge on any atom is -0.436 e. The van der Waals surface area contributed by atoms with E-state index >= 15 is 0 Å². The number of aromatic nitrogens is 1. The van der Waals surface area contributed by atoms with Crippen LogP contribution in [0.15, 0.2) is 52.9 Å². The molecule has 146 valence electrons. The lowest BCUT2D eigenvalue weighted by atomic mass is 9.98. The molecule has 1 fully saturated rings. The van der Waals surface area contributed by atoms with Gasteiger partial charge in [0.05, 0.1) is 12.2 Å². The highest BCUT2D eigenvalue weighted by Crippen LogP contribution is 2.26. The van der Waals surface area contributed by atoms with Gasteiger partial charge in [-0.15, -0.1) is 0 Å². The molecule has 7 nitrogen and oxygen atoms in total. The lowest BCUT2D eigenvalue weighted by molar-refractivity contribution is -0.120. The van der Waals surface area contributed by atoms with Crippen molar-refractivity contribution in [3.05, 3.63) is 48.5 Å². The smallest absolute Gasteiger partial charge is 0.228 e. The summed E-state index contributed by atoms with van der Waals surface area (Å²) in [5.74, 6) is 0.0123. The van der Waals surface area contributed by atoms with Gasteiger partial charge < -0.3 is 9.73 Å². The molecule has 1 amide bonds. The average molecular weight is 399 g/mol. The number of sulfonamides is 1. The van der Waals surface area contributed by atoms with E-state index in [0.717, 1.165) is 16.7 Å². The van der Waals surface area contributed by atoms with E-state index in [1.165, 1.54) is 10.6 Å². The van der Waals surface area contributed by atoms with Crippen molar-refractivity contribution in [3.8, 4) is 11.5 Å². The number of rotatable bonds is 4. The zero-order valence-electron chi connectivity index (χ0n) is 15.5. The number of anilines is 1. The van der Waals surface area contributed by atoms with Crippen molar-refractivity contribution in [1.29, 1.82) is 0 Å². The highest BCUT2D eigenvalue weighted by Gasteiger charge is 2.30. The van der Waals surface area contributed by atoms with E-state index in [2.05, 4.69) is 10.3 Å². The van der Waals surface area contributed by atoms with Crippen LogP contribution >= 0.6 is 0 Å². The van der Waals surface area contributed by atoms with Crippen molar-refractivity contribution >= 4 is 32.7 Å². The summed E-state index contributed by atoms with van der Waals surface area (Å²) >= 11 is 0. The van der Waals surface area contributed by atoms with Crippen LogP contribution in [0, 0.1) is 5.92 Å². The molecule has 1 atom stereocenters. The van der Waals surface area contributed by atoms with E-state index in [-0.39, 0.29) is 18.4 Å². The van der Waals surface area contributed by atoms with Crippen LogP contribution in [0.25, 0.3) is 22.6 Å². The molecule has 0 aliphatic carbocycles. The zero-order chi connectivity index (χ0) is 19.7. The van der Waals surface area contributed by atoms with E-state index in [0.29, 0.717) is 31.0 Å². The fourth-order valence-corrected chi connectivity index (χ4v) is 4.31. The molecular formula is C20H21N3O4S. The molecule has 1 aliphatic rings. The van der Waals surface area contributed by atoms with Gasteiger partial charge in [0.25, 0.3) is 0 Å². The number of benzene rings is 2. The molecule has 8 heteroatoms. The third-order valence-corrected chi connectivity index (χ3v) is 6.19. The summed E-state index contributed by atoms with van der Waals surface area (Å²) in [5, 5.41) is 2.88. The van der Waals surface area contributed by atoms with Crippen molar-refractivity contribution in [2.75, 3.05) is 24.7 Å². The Hall–Kier alpha value is -2.71. The van der Waals surface area contributed by atoms with E-state index in [4.69, 9.17) is 4.42 Å². The van der Waals surface area contributed by atoms with Gasteiger partial charge in [-0.2, -0.15) is 0 Å². The predicted molar refractivity (Wildman–Crippen MR) is 107 cm³/mol. The topological polar surface area (TPSA) is 92.5 Å². The molecule has 0 unspecified atom stereocenters. The summed E-state index contributed by atoms with van der Waals surface area (Å²) in [6.07, 6.45) is 2.54. The van der Waals surface area contributed by atoms with Crippen LogP contribution in [0.4, 0.5) is 5.69 Å². The standard InChI is InChI=1S/C20H21N3O4S/c1-28(25,26)23-12-4-5-15(13-23)19(24)21-16-10-8-14(9-11-16)20-22-17-6-2-3-7-18(17)27-20/h2-3,6-11,15H,4-5,12-13H2,1H3,(H,21,24)/t15-/m0/s1. The van der Waals surface area contributed by atoms with Gasteiger partial charge in [0.15, 0.2) is 5.58 Å². The number of oxazole rings is 1. The third-order valence-electron chi connectivity index (χ3n) is 4.92. The number of nitrogens with one attached hydrogen (secondary N) is 1. The van der Waals surface area contributed by atoms with Gasteiger partial charge >= 0.3 is 0 Å². The molecule has 2 aromatic carbocycles. The monoisotopic (exact) mass is 399 g/mol. The highest BCUT2D eigenvalue weighted by molar-refractivity contribution is 7.88. The maximum atomic E-state index is 12.5. The first-order valence-corrected chi connectivity index (χ1v) is 11.0. The molecule has 3 aromatic rings. The number of hydrogen-bond donors (Lipinski definition) is 1. The van der Waals surface area contributed by atoms with Crippen molar-refractivity contribution in [3.63, 3.8) is 0 Å². The number of piperidine rings is 1. The van der Waals surface area contributed by atoms with Gasteiger partial charge in [-0.25, -0.2) is 17.7 Å². The minimum absolute atomic E-state index is 0.164. The number of nitrogens with zero attached hydrogens (tertiary/aromatic N) is 2. The largest absolute Gasteiger partial charge is 0.436 e. The van der Waals surface area contributed by atoms with E-state index < -0.39 is 10.0 Å². The van der Waals surface area contributed by atoms with E-state index in [1.54, 1.807) is 12.1 Å². The van der Waals surface area contributed by atoms with Gasteiger partial charge in [0.1, 0.15) is 5.52 Å².